The van der Waals surface area contributed by atoms with Gasteiger partial charge in [-0.3, -0.25) is 4.90 Å². The van der Waals surface area contributed by atoms with Gasteiger partial charge in [0.15, 0.2) is 0 Å². The first-order valence-corrected chi connectivity index (χ1v) is 7.09. The van der Waals surface area contributed by atoms with Crippen LogP contribution in [0.4, 0.5) is 0 Å². The van der Waals surface area contributed by atoms with E-state index in [-0.39, 0.29) is 0 Å². The van der Waals surface area contributed by atoms with E-state index in [0.29, 0.717) is 5.41 Å². The Bertz CT molecular complexity index is 233. The molecule has 0 saturated carbocycles. The lowest BCUT2D eigenvalue weighted by Gasteiger charge is -2.41. The van der Waals surface area contributed by atoms with Gasteiger partial charge in [-0.25, -0.2) is 0 Å². The van der Waals surface area contributed by atoms with E-state index >= 15 is 0 Å². The van der Waals surface area contributed by atoms with Gasteiger partial charge in [0, 0.05) is 31.7 Å². The van der Waals surface area contributed by atoms with E-state index in [1.807, 2.05) is 7.11 Å². The molecule has 0 spiro atoms. The molecule has 1 N–H and O–H groups in total. The molecule has 2 saturated heterocycles. The number of methoxy groups -OCH3 is 1. The van der Waals surface area contributed by atoms with Crippen LogP contribution in [0.25, 0.3) is 0 Å². The molecular weight excluding hydrogens is 212 g/mol. The number of nitrogens with one attached hydrogen (secondary N) is 1. The maximum atomic E-state index is 5.50. The molecule has 0 aromatic carbocycles. The molecule has 2 atom stereocenters. The lowest BCUT2D eigenvalue weighted by atomic mass is 9.79. The smallest absolute Gasteiger partial charge is 0.0531 e. The van der Waals surface area contributed by atoms with Crippen molar-refractivity contribution in [2.24, 2.45) is 11.3 Å². The minimum absolute atomic E-state index is 0.401. The molecule has 0 aromatic rings. The normalized spacial score (nSPS) is 34.1. The minimum atomic E-state index is 0.401. The Kier molecular flexibility index (Phi) is 4.45. The third kappa shape index (κ3) is 3.21. The third-order valence-electron chi connectivity index (χ3n) is 4.57. The van der Waals surface area contributed by atoms with Gasteiger partial charge in [-0.05, 0) is 45.2 Å². The molecule has 2 rings (SSSR count). The zero-order chi connectivity index (χ0) is 12.3. The molecule has 3 nitrogen and oxygen atoms in total. The van der Waals surface area contributed by atoms with Crippen molar-refractivity contribution in [2.75, 3.05) is 39.9 Å². The Labute approximate surface area is 106 Å². The van der Waals surface area contributed by atoms with E-state index in [1.165, 1.54) is 32.4 Å². The molecule has 2 aliphatic heterocycles. The van der Waals surface area contributed by atoms with Crippen LogP contribution in [-0.2, 0) is 4.74 Å². The number of ether oxygens (including phenoxy) is 1. The second kappa shape index (κ2) is 5.68. The molecule has 17 heavy (non-hydrogen) atoms. The Morgan fingerprint density at radius 3 is 2.53 bits per heavy atom. The first-order chi connectivity index (χ1) is 8.15. The van der Waals surface area contributed by atoms with Crippen LogP contribution in [0.15, 0.2) is 0 Å². The molecular formula is C14H28N2O. The summed E-state index contributed by atoms with van der Waals surface area (Å²) in [5, 5.41) is 3.47. The van der Waals surface area contributed by atoms with Crippen molar-refractivity contribution in [3.8, 4) is 0 Å². The first kappa shape index (κ1) is 13.3. The average Bonchev–Trinajstić information content (AvgIpc) is 2.59. The summed E-state index contributed by atoms with van der Waals surface area (Å²) in [6.07, 6.45) is 3.89. The molecule has 100 valence electrons. The molecule has 0 aromatic heterocycles. The number of hydrogen-bond donors (Lipinski definition) is 1. The van der Waals surface area contributed by atoms with Crippen molar-refractivity contribution in [3.63, 3.8) is 0 Å². The Morgan fingerprint density at radius 1 is 1.29 bits per heavy atom. The standard InChI is InChI=1S/C14H28N2O/c1-12-8-13(2)16(9-12)10-14(11-17-3)4-6-15-7-5-14/h12-13,15H,4-11H2,1-3H3. The highest BCUT2D eigenvalue weighted by Gasteiger charge is 2.37. The highest BCUT2D eigenvalue weighted by Crippen LogP contribution is 2.34. The fourth-order valence-corrected chi connectivity index (χ4v) is 3.65. The number of nitrogens with zero attached hydrogens (tertiary/aromatic N) is 1. The van der Waals surface area contributed by atoms with Crippen molar-refractivity contribution in [2.45, 2.75) is 39.2 Å². The summed E-state index contributed by atoms with van der Waals surface area (Å²) in [6.45, 7) is 10.5. The van der Waals surface area contributed by atoms with Crippen LogP contribution in [0.5, 0.6) is 0 Å². The van der Waals surface area contributed by atoms with E-state index < -0.39 is 0 Å². The Morgan fingerprint density at radius 2 is 2.00 bits per heavy atom. The highest BCUT2D eigenvalue weighted by atomic mass is 16.5. The van der Waals surface area contributed by atoms with Gasteiger partial charge in [0.25, 0.3) is 0 Å². The van der Waals surface area contributed by atoms with Crippen LogP contribution >= 0.6 is 0 Å². The molecule has 2 fully saturated rings. The number of likely N-dealkylation sites (tertiary alicyclic amines) is 1. The first-order valence-electron chi connectivity index (χ1n) is 7.09. The zero-order valence-electron chi connectivity index (χ0n) is 11.7. The fraction of sp³-hybridized carbons (Fsp3) is 1.00. The molecule has 0 amide bonds. The van der Waals surface area contributed by atoms with Gasteiger partial charge < -0.3 is 10.1 Å². The second-order valence-electron chi connectivity index (χ2n) is 6.30. The van der Waals surface area contributed by atoms with E-state index in [1.54, 1.807) is 0 Å². The van der Waals surface area contributed by atoms with Crippen molar-refractivity contribution < 1.29 is 4.74 Å². The molecule has 2 aliphatic rings. The Hall–Kier alpha value is -0.120. The maximum Gasteiger partial charge on any atom is 0.0531 e. The van der Waals surface area contributed by atoms with E-state index in [9.17, 15) is 0 Å². The van der Waals surface area contributed by atoms with Crippen LogP contribution < -0.4 is 5.32 Å². The molecule has 3 heteroatoms. The molecule has 2 unspecified atom stereocenters. The van der Waals surface area contributed by atoms with Crippen LogP contribution in [0.3, 0.4) is 0 Å². The molecule has 2 heterocycles. The van der Waals surface area contributed by atoms with Gasteiger partial charge in [-0.1, -0.05) is 6.92 Å². The summed E-state index contributed by atoms with van der Waals surface area (Å²) >= 11 is 0. The molecule has 0 aliphatic carbocycles. The summed E-state index contributed by atoms with van der Waals surface area (Å²) < 4.78 is 5.50. The quantitative estimate of drug-likeness (QED) is 0.810. The summed E-state index contributed by atoms with van der Waals surface area (Å²) in [4.78, 5) is 2.69. The van der Waals surface area contributed by atoms with Crippen molar-refractivity contribution in [1.29, 1.82) is 0 Å². The molecule has 0 bridgehead atoms. The Balaban J connectivity index is 1.97. The SMILES string of the molecule is COCC1(CN2CC(C)CC2C)CCNCC1. The van der Waals surface area contributed by atoms with E-state index in [4.69, 9.17) is 4.74 Å². The molecule has 0 radical (unpaired) electrons. The fourth-order valence-electron chi connectivity index (χ4n) is 3.65. The van der Waals surface area contributed by atoms with Crippen molar-refractivity contribution in [1.82, 2.24) is 10.2 Å². The predicted octanol–water partition coefficient (Wildman–Crippen LogP) is 1.73. The summed E-state index contributed by atoms with van der Waals surface area (Å²) in [7, 11) is 1.85. The van der Waals surface area contributed by atoms with Crippen LogP contribution in [-0.4, -0.2) is 50.8 Å². The summed E-state index contributed by atoms with van der Waals surface area (Å²) in [5.41, 5.74) is 0.401. The van der Waals surface area contributed by atoms with E-state index in [0.717, 1.165) is 31.7 Å². The van der Waals surface area contributed by atoms with Crippen LogP contribution in [0, 0.1) is 11.3 Å². The number of piperidine rings is 1. The van der Waals surface area contributed by atoms with Crippen molar-refractivity contribution >= 4 is 0 Å². The monoisotopic (exact) mass is 240 g/mol. The van der Waals surface area contributed by atoms with Gasteiger partial charge in [0.1, 0.15) is 0 Å². The summed E-state index contributed by atoms with van der Waals surface area (Å²) in [6, 6.07) is 0.758. The lowest BCUT2D eigenvalue weighted by Crippen LogP contribution is -2.48. The zero-order valence-corrected chi connectivity index (χ0v) is 11.7. The topological polar surface area (TPSA) is 24.5 Å². The largest absolute Gasteiger partial charge is 0.384 e. The van der Waals surface area contributed by atoms with E-state index in [2.05, 4.69) is 24.1 Å². The number of hydrogen-bond acceptors (Lipinski definition) is 3. The van der Waals surface area contributed by atoms with Crippen LogP contribution in [0.1, 0.15) is 33.1 Å². The summed E-state index contributed by atoms with van der Waals surface area (Å²) in [5.74, 6) is 0.867. The predicted molar refractivity (Wildman–Crippen MR) is 71.2 cm³/mol. The van der Waals surface area contributed by atoms with Crippen molar-refractivity contribution in [3.05, 3.63) is 0 Å². The van der Waals surface area contributed by atoms with Crippen LogP contribution in [0.2, 0.25) is 0 Å². The second-order valence-corrected chi connectivity index (χ2v) is 6.30. The van der Waals surface area contributed by atoms with Gasteiger partial charge in [-0.15, -0.1) is 0 Å². The maximum absolute atomic E-state index is 5.50. The van der Waals surface area contributed by atoms with Gasteiger partial charge in [-0.2, -0.15) is 0 Å². The van der Waals surface area contributed by atoms with Gasteiger partial charge in [0.05, 0.1) is 6.61 Å². The highest BCUT2D eigenvalue weighted by molar-refractivity contribution is 4.91. The number of rotatable bonds is 4. The third-order valence-corrected chi connectivity index (χ3v) is 4.57. The lowest BCUT2D eigenvalue weighted by molar-refractivity contribution is 0.0201. The van der Waals surface area contributed by atoms with Gasteiger partial charge in [0.2, 0.25) is 0 Å². The average molecular weight is 240 g/mol. The van der Waals surface area contributed by atoms with Gasteiger partial charge >= 0.3 is 0 Å². The minimum Gasteiger partial charge on any atom is -0.384 e.